The molecule has 2 aromatic rings. The van der Waals surface area contributed by atoms with E-state index in [2.05, 4.69) is 15.0 Å². The summed E-state index contributed by atoms with van der Waals surface area (Å²) >= 11 is 0. The molecule has 4 N–H and O–H groups in total. The van der Waals surface area contributed by atoms with Crippen LogP contribution in [0.2, 0.25) is 0 Å². The van der Waals surface area contributed by atoms with Crippen LogP contribution in [-0.2, 0) is 4.74 Å². The molecule has 0 saturated carbocycles. The predicted octanol–water partition coefficient (Wildman–Crippen LogP) is -0.860. The van der Waals surface area contributed by atoms with Gasteiger partial charge in [0.2, 0.25) is 0 Å². The number of nitrogens with two attached hydrogens (primary N) is 1. The second-order valence-electron chi connectivity index (χ2n) is 4.79. The average Bonchev–Trinajstić information content (AvgIpc) is 3.01. The molecule has 0 radical (unpaired) electrons. The molecule has 10 heteroatoms. The van der Waals surface area contributed by atoms with Gasteiger partial charge in [0.1, 0.15) is 6.10 Å². The van der Waals surface area contributed by atoms with Gasteiger partial charge >= 0.3 is 6.08 Å². The van der Waals surface area contributed by atoms with Crippen molar-refractivity contribution >= 4 is 17.0 Å². The highest BCUT2D eigenvalue weighted by Crippen LogP contribution is 2.39. The predicted molar refractivity (Wildman–Crippen MR) is 69.4 cm³/mol. The van der Waals surface area contributed by atoms with Crippen molar-refractivity contribution in [3.63, 3.8) is 0 Å². The van der Waals surface area contributed by atoms with Gasteiger partial charge in [0.05, 0.1) is 12.9 Å². The van der Waals surface area contributed by atoms with Crippen LogP contribution in [0.15, 0.2) is 6.33 Å². The van der Waals surface area contributed by atoms with E-state index >= 15 is 0 Å². The number of halogens is 2. The first-order valence-corrected chi connectivity index (χ1v) is 6.17. The van der Waals surface area contributed by atoms with Crippen LogP contribution in [0.5, 0.6) is 0 Å². The highest BCUT2D eigenvalue weighted by Gasteiger charge is 2.55. The fourth-order valence-corrected chi connectivity index (χ4v) is 2.37. The molecule has 0 bridgehead atoms. The van der Waals surface area contributed by atoms with Gasteiger partial charge in [-0.05, 0) is 0 Å². The Morgan fingerprint density at radius 3 is 2.86 bits per heavy atom. The number of hydrogen-bond donors (Lipinski definition) is 3. The van der Waals surface area contributed by atoms with Crippen LogP contribution in [0.4, 0.5) is 14.6 Å². The topological polar surface area (TPSA) is 119 Å². The van der Waals surface area contributed by atoms with Gasteiger partial charge < -0.3 is 20.7 Å². The van der Waals surface area contributed by atoms with Crippen LogP contribution in [0.3, 0.4) is 0 Å². The quantitative estimate of drug-likeness (QED) is 0.487. The standard InChI is InChI=1S/C12H11F2N5O3/c1-2-12(3-20)7(21)5(13)10(22-12)19-4-16-6-8(15)17-11(14)18-9(6)19/h1,4-5,7,10,20-21H,3H2,(H2,15,17,18)/t5-,7?,10-,12-/m1/s1. The number of aliphatic hydroxyl groups excluding tert-OH is 2. The second-order valence-corrected chi connectivity index (χ2v) is 4.79. The Balaban J connectivity index is 2.11. The first-order chi connectivity index (χ1) is 10.4. The molecule has 0 spiro atoms. The zero-order valence-electron chi connectivity index (χ0n) is 11.0. The Hall–Kier alpha value is -2.35. The van der Waals surface area contributed by atoms with Crippen molar-refractivity contribution in [1.82, 2.24) is 19.5 Å². The van der Waals surface area contributed by atoms with E-state index in [9.17, 15) is 19.0 Å². The normalized spacial score (nSPS) is 31.5. The lowest BCUT2D eigenvalue weighted by Gasteiger charge is -2.23. The molecule has 1 unspecified atom stereocenters. The highest BCUT2D eigenvalue weighted by atomic mass is 19.1. The lowest BCUT2D eigenvalue weighted by Crippen LogP contribution is -2.44. The summed E-state index contributed by atoms with van der Waals surface area (Å²) in [7, 11) is 0. The number of aromatic nitrogens is 4. The summed E-state index contributed by atoms with van der Waals surface area (Å²) in [5, 5.41) is 19.2. The molecule has 2 aromatic heterocycles. The fourth-order valence-electron chi connectivity index (χ4n) is 2.37. The smallest absolute Gasteiger partial charge is 0.312 e. The van der Waals surface area contributed by atoms with Gasteiger partial charge in [-0.15, -0.1) is 6.42 Å². The minimum Gasteiger partial charge on any atom is -0.392 e. The van der Waals surface area contributed by atoms with Crippen molar-refractivity contribution in [3.8, 4) is 12.3 Å². The van der Waals surface area contributed by atoms with Crippen molar-refractivity contribution < 1.29 is 23.7 Å². The Kier molecular flexibility index (Phi) is 3.21. The van der Waals surface area contributed by atoms with Gasteiger partial charge in [-0.25, -0.2) is 9.37 Å². The molecule has 4 atom stereocenters. The van der Waals surface area contributed by atoms with Gasteiger partial charge in [-0.2, -0.15) is 14.4 Å². The molecular formula is C12H11F2N5O3. The maximum absolute atomic E-state index is 14.3. The number of aliphatic hydroxyl groups is 2. The largest absolute Gasteiger partial charge is 0.392 e. The average molecular weight is 311 g/mol. The number of alkyl halides is 1. The van der Waals surface area contributed by atoms with Crippen LogP contribution in [0, 0.1) is 18.4 Å². The van der Waals surface area contributed by atoms with Crippen LogP contribution in [-0.4, -0.2) is 54.2 Å². The maximum Gasteiger partial charge on any atom is 0.312 e. The lowest BCUT2D eigenvalue weighted by molar-refractivity contribution is -0.0900. The number of fused-ring (bicyclic) bond motifs is 1. The summed E-state index contributed by atoms with van der Waals surface area (Å²) in [5.41, 5.74) is 3.54. The van der Waals surface area contributed by atoms with Crippen molar-refractivity contribution in [1.29, 1.82) is 0 Å². The monoisotopic (exact) mass is 311 g/mol. The molecule has 8 nitrogen and oxygen atoms in total. The van der Waals surface area contributed by atoms with Crippen molar-refractivity contribution in [2.45, 2.75) is 24.1 Å². The molecule has 1 aliphatic rings. The van der Waals surface area contributed by atoms with E-state index in [4.69, 9.17) is 16.9 Å². The number of ether oxygens (including phenoxy) is 1. The van der Waals surface area contributed by atoms with Gasteiger partial charge in [-0.1, -0.05) is 5.92 Å². The molecule has 22 heavy (non-hydrogen) atoms. The van der Waals surface area contributed by atoms with Crippen molar-refractivity contribution in [2.24, 2.45) is 0 Å². The molecule has 0 aliphatic carbocycles. The molecule has 1 aliphatic heterocycles. The lowest BCUT2D eigenvalue weighted by atomic mass is 9.98. The molecule has 0 aromatic carbocycles. The van der Waals surface area contributed by atoms with Crippen molar-refractivity contribution in [3.05, 3.63) is 12.4 Å². The number of rotatable bonds is 2. The Morgan fingerprint density at radius 1 is 1.55 bits per heavy atom. The van der Waals surface area contributed by atoms with Crippen molar-refractivity contribution in [2.75, 3.05) is 12.3 Å². The number of anilines is 1. The SMILES string of the molecule is C#C[C@]1(CO)O[C@@H](n2cnc3c(N)nc(F)nc32)[C@H](F)C1O. The van der Waals surface area contributed by atoms with Gasteiger partial charge in [0.15, 0.2) is 35.0 Å². The summed E-state index contributed by atoms with van der Waals surface area (Å²) in [4.78, 5) is 10.7. The van der Waals surface area contributed by atoms with Gasteiger partial charge in [0, 0.05) is 0 Å². The van der Waals surface area contributed by atoms with E-state index in [1.807, 2.05) is 5.92 Å². The number of nitrogen functional groups attached to an aromatic ring is 1. The van der Waals surface area contributed by atoms with E-state index in [1.54, 1.807) is 0 Å². The fraction of sp³-hybridized carbons (Fsp3) is 0.417. The summed E-state index contributed by atoms with van der Waals surface area (Å²) in [5.74, 6) is 1.82. The van der Waals surface area contributed by atoms with Crippen LogP contribution < -0.4 is 5.73 Å². The Morgan fingerprint density at radius 2 is 2.27 bits per heavy atom. The molecule has 3 heterocycles. The second kappa shape index (κ2) is 4.84. The molecular weight excluding hydrogens is 300 g/mol. The first kappa shape index (κ1) is 14.6. The number of nitrogens with zero attached hydrogens (tertiary/aromatic N) is 4. The highest BCUT2D eigenvalue weighted by molar-refractivity contribution is 5.81. The minimum atomic E-state index is -1.99. The summed E-state index contributed by atoms with van der Waals surface area (Å²) in [6.07, 6.45) is 0.00803. The third kappa shape index (κ3) is 1.83. The first-order valence-electron chi connectivity index (χ1n) is 6.17. The Bertz CT molecular complexity index is 776. The molecule has 116 valence electrons. The molecule has 3 rings (SSSR count). The van der Waals surface area contributed by atoms with E-state index in [-0.39, 0.29) is 17.0 Å². The summed E-state index contributed by atoms with van der Waals surface area (Å²) in [6.45, 7) is -0.792. The maximum atomic E-state index is 14.3. The Labute approximate surface area is 122 Å². The third-order valence-corrected chi connectivity index (χ3v) is 3.56. The third-order valence-electron chi connectivity index (χ3n) is 3.56. The molecule has 0 amide bonds. The van der Waals surface area contributed by atoms with E-state index < -0.39 is 36.8 Å². The van der Waals surface area contributed by atoms with Crippen LogP contribution in [0.25, 0.3) is 11.2 Å². The number of terminal acetylenes is 1. The minimum absolute atomic E-state index is 0.0499. The van der Waals surface area contributed by atoms with E-state index in [0.29, 0.717) is 0 Å². The zero-order chi connectivity index (χ0) is 16.1. The van der Waals surface area contributed by atoms with Crippen LogP contribution in [0.1, 0.15) is 6.23 Å². The van der Waals surface area contributed by atoms with Gasteiger partial charge in [0.25, 0.3) is 0 Å². The number of imidazole rings is 1. The number of hydrogen-bond acceptors (Lipinski definition) is 7. The molecule has 1 saturated heterocycles. The zero-order valence-corrected chi connectivity index (χ0v) is 11.0. The summed E-state index contributed by atoms with van der Waals surface area (Å²) in [6, 6.07) is 0. The van der Waals surface area contributed by atoms with E-state index in [1.165, 1.54) is 0 Å². The van der Waals surface area contributed by atoms with Crippen LogP contribution >= 0.6 is 0 Å². The summed E-state index contributed by atoms with van der Waals surface area (Å²) < 4.78 is 34.0. The van der Waals surface area contributed by atoms with Gasteiger partial charge in [-0.3, -0.25) is 4.57 Å². The molecule has 1 fully saturated rings. The van der Waals surface area contributed by atoms with E-state index in [0.717, 1.165) is 10.9 Å².